The van der Waals surface area contributed by atoms with Gasteiger partial charge in [0.1, 0.15) is 5.76 Å². The summed E-state index contributed by atoms with van der Waals surface area (Å²) in [6.07, 6.45) is 3.99. The highest BCUT2D eigenvalue weighted by atomic mass is 35.5. The lowest BCUT2D eigenvalue weighted by molar-refractivity contribution is 0.0948. The summed E-state index contributed by atoms with van der Waals surface area (Å²) in [5.74, 6) is 0.539. The molecule has 0 bridgehead atoms. The normalized spacial score (nSPS) is 10.8. The molecule has 3 heterocycles. The van der Waals surface area contributed by atoms with Crippen molar-refractivity contribution in [1.82, 2.24) is 14.9 Å². The third-order valence-corrected chi connectivity index (χ3v) is 3.30. The summed E-state index contributed by atoms with van der Waals surface area (Å²) in [5.41, 5.74) is 0.947. The van der Waals surface area contributed by atoms with Gasteiger partial charge in [0.2, 0.25) is 0 Å². The number of carbonyl (C=O) groups excluding carboxylic acids is 1. The quantitative estimate of drug-likeness (QED) is 0.803. The van der Waals surface area contributed by atoms with Crippen molar-refractivity contribution >= 4 is 23.0 Å². The van der Waals surface area contributed by atoms with Gasteiger partial charge < -0.3 is 9.73 Å². The lowest BCUT2D eigenvalue weighted by atomic mass is 10.3. The number of pyridine rings is 1. The van der Waals surface area contributed by atoms with Crippen LogP contribution in [0.5, 0.6) is 0 Å². The second-order valence-electron chi connectivity index (χ2n) is 4.28. The van der Waals surface area contributed by atoms with Crippen LogP contribution >= 0.6 is 11.6 Å². The minimum absolute atomic E-state index is 0.234. The van der Waals surface area contributed by atoms with Crippen LogP contribution in [0.2, 0.25) is 5.02 Å². The van der Waals surface area contributed by atoms with Gasteiger partial charge in [-0.05, 0) is 24.3 Å². The number of furan rings is 1. The molecule has 0 saturated heterocycles. The number of aromatic nitrogens is 2. The maximum absolute atomic E-state index is 12.1. The highest BCUT2D eigenvalue weighted by molar-refractivity contribution is 6.36. The Balaban J connectivity index is 1.71. The van der Waals surface area contributed by atoms with Crippen LogP contribution in [0.1, 0.15) is 16.2 Å². The van der Waals surface area contributed by atoms with E-state index in [0.717, 1.165) is 5.76 Å². The van der Waals surface area contributed by atoms with Crippen molar-refractivity contribution in [1.29, 1.82) is 0 Å². The van der Waals surface area contributed by atoms with Gasteiger partial charge >= 0.3 is 0 Å². The fourth-order valence-corrected chi connectivity index (χ4v) is 2.22. The molecule has 1 amide bonds. The third-order valence-electron chi connectivity index (χ3n) is 2.93. The molecule has 0 aliphatic carbocycles. The molecular formula is C14H12ClN3O2. The van der Waals surface area contributed by atoms with Gasteiger partial charge in [0.05, 0.1) is 16.8 Å². The topological polar surface area (TPSA) is 59.5 Å². The molecule has 102 valence electrons. The van der Waals surface area contributed by atoms with Gasteiger partial charge in [-0.3, -0.25) is 4.79 Å². The highest BCUT2D eigenvalue weighted by Gasteiger charge is 2.17. The Bertz CT molecular complexity index is 734. The first-order valence-corrected chi connectivity index (χ1v) is 6.57. The zero-order valence-corrected chi connectivity index (χ0v) is 11.3. The number of nitrogens with one attached hydrogen (secondary N) is 1. The minimum Gasteiger partial charge on any atom is -0.469 e. The van der Waals surface area contributed by atoms with Gasteiger partial charge in [0, 0.05) is 19.2 Å². The number of amides is 1. The van der Waals surface area contributed by atoms with E-state index in [2.05, 4.69) is 10.4 Å². The molecule has 5 nitrogen and oxygen atoms in total. The van der Waals surface area contributed by atoms with Gasteiger partial charge in [-0.25, -0.2) is 4.52 Å². The van der Waals surface area contributed by atoms with Crippen molar-refractivity contribution in [2.45, 2.75) is 6.42 Å². The Labute approximate surface area is 120 Å². The van der Waals surface area contributed by atoms with Crippen LogP contribution in [-0.4, -0.2) is 22.1 Å². The SMILES string of the molecule is O=C(NCCc1ccco1)c1nn2ccccc2c1Cl. The van der Waals surface area contributed by atoms with Gasteiger partial charge in [-0.2, -0.15) is 5.10 Å². The molecule has 0 saturated carbocycles. The monoisotopic (exact) mass is 289 g/mol. The number of hydrogen-bond donors (Lipinski definition) is 1. The lowest BCUT2D eigenvalue weighted by Gasteiger charge is -2.01. The summed E-state index contributed by atoms with van der Waals surface area (Å²) in [6, 6.07) is 9.17. The first-order valence-electron chi connectivity index (χ1n) is 6.19. The summed E-state index contributed by atoms with van der Waals surface area (Å²) in [4.78, 5) is 12.1. The van der Waals surface area contributed by atoms with Crippen LogP contribution in [0.3, 0.4) is 0 Å². The average molecular weight is 290 g/mol. The van der Waals surface area contributed by atoms with Crippen LogP contribution in [-0.2, 0) is 6.42 Å². The smallest absolute Gasteiger partial charge is 0.273 e. The molecule has 0 aromatic carbocycles. The predicted octanol–water partition coefficient (Wildman–Crippen LogP) is 2.55. The standard InChI is InChI=1S/C14H12ClN3O2/c15-12-11-5-1-2-8-18(11)17-13(12)14(19)16-7-6-10-4-3-9-20-10/h1-5,8-9H,6-7H2,(H,16,19). The van der Waals surface area contributed by atoms with E-state index in [-0.39, 0.29) is 11.6 Å². The molecule has 0 radical (unpaired) electrons. The highest BCUT2D eigenvalue weighted by Crippen LogP contribution is 2.21. The van der Waals surface area contributed by atoms with E-state index < -0.39 is 0 Å². The number of fused-ring (bicyclic) bond motifs is 1. The zero-order valence-electron chi connectivity index (χ0n) is 10.5. The molecular weight excluding hydrogens is 278 g/mol. The molecule has 6 heteroatoms. The Morgan fingerprint density at radius 2 is 2.25 bits per heavy atom. The average Bonchev–Trinajstić information content (AvgIpc) is 3.08. The number of carbonyl (C=O) groups is 1. The fourth-order valence-electron chi connectivity index (χ4n) is 1.95. The lowest BCUT2D eigenvalue weighted by Crippen LogP contribution is -2.26. The van der Waals surface area contributed by atoms with E-state index in [1.54, 1.807) is 17.0 Å². The second kappa shape index (κ2) is 5.38. The molecule has 0 atom stereocenters. The number of rotatable bonds is 4. The molecule has 0 aliphatic rings. The molecule has 0 spiro atoms. The molecule has 3 aromatic heterocycles. The molecule has 20 heavy (non-hydrogen) atoms. The summed E-state index contributed by atoms with van der Waals surface area (Å²) in [5, 5.41) is 7.32. The molecule has 0 fully saturated rings. The van der Waals surface area contributed by atoms with Crippen LogP contribution in [0, 0.1) is 0 Å². The van der Waals surface area contributed by atoms with Crippen molar-refractivity contribution in [3.8, 4) is 0 Å². The van der Waals surface area contributed by atoms with Crippen molar-refractivity contribution in [3.63, 3.8) is 0 Å². The largest absolute Gasteiger partial charge is 0.469 e. The first kappa shape index (κ1) is 12.7. The summed E-state index contributed by atoms with van der Waals surface area (Å²) in [6.45, 7) is 0.469. The van der Waals surface area contributed by atoms with Crippen LogP contribution < -0.4 is 5.32 Å². The Morgan fingerprint density at radius 1 is 1.35 bits per heavy atom. The van der Waals surface area contributed by atoms with Crippen LogP contribution in [0.15, 0.2) is 47.2 Å². The van der Waals surface area contributed by atoms with Crippen molar-refractivity contribution in [2.75, 3.05) is 6.54 Å². The zero-order chi connectivity index (χ0) is 13.9. The van der Waals surface area contributed by atoms with Crippen molar-refractivity contribution < 1.29 is 9.21 Å². The molecule has 1 N–H and O–H groups in total. The molecule has 0 aliphatic heterocycles. The Morgan fingerprint density at radius 3 is 3.00 bits per heavy atom. The van der Waals surface area contributed by atoms with E-state index in [0.29, 0.717) is 23.5 Å². The van der Waals surface area contributed by atoms with Crippen molar-refractivity contribution in [2.24, 2.45) is 0 Å². The summed E-state index contributed by atoms with van der Waals surface area (Å²) in [7, 11) is 0. The van der Waals surface area contributed by atoms with E-state index >= 15 is 0 Å². The van der Waals surface area contributed by atoms with E-state index in [4.69, 9.17) is 16.0 Å². The molecule has 3 rings (SSSR count). The van der Waals surface area contributed by atoms with E-state index in [1.807, 2.05) is 30.3 Å². The molecule has 3 aromatic rings. The number of hydrogen-bond acceptors (Lipinski definition) is 3. The van der Waals surface area contributed by atoms with Crippen LogP contribution in [0.4, 0.5) is 0 Å². The maximum Gasteiger partial charge on any atom is 0.273 e. The predicted molar refractivity (Wildman–Crippen MR) is 74.9 cm³/mol. The van der Waals surface area contributed by atoms with Gasteiger partial charge in [0.25, 0.3) is 5.91 Å². The third kappa shape index (κ3) is 2.40. The Hall–Kier alpha value is -2.27. The Kier molecular flexibility index (Phi) is 3.43. The first-order chi connectivity index (χ1) is 9.75. The van der Waals surface area contributed by atoms with Gasteiger partial charge in [-0.1, -0.05) is 17.7 Å². The minimum atomic E-state index is -0.287. The number of halogens is 1. The van der Waals surface area contributed by atoms with Crippen molar-refractivity contribution in [3.05, 3.63) is 59.3 Å². The fraction of sp³-hybridized carbons (Fsp3) is 0.143. The number of nitrogens with zero attached hydrogens (tertiary/aromatic N) is 2. The second-order valence-corrected chi connectivity index (χ2v) is 4.66. The van der Waals surface area contributed by atoms with E-state index in [1.165, 1.54) is 0 Å². The van der Waals surface area contributed by atoms with Gasteiger partial charge in [0.15, 0.2) is 5.69 Å². The van der Waals surface area contributed by atoms with Gasteiger partial charge in [-0.15, -0.1) is 0 Å². The van der Waals surface area contributed by atoms with Crippen LogP contribution in [0.25, 0.3) is 5.52 Å². The van der Waals surface area contributed by atoms with E-state index in [9.17, 15) is 4.79 Å². The molecule has 0 unspecified atom stereocenters. The summed E-state index contributed by atoms with van der Waals surface area (Å²) >= 11 is 6.17. The maximum atomic E-state index is 12.1. The summed E-state index contributed by atoms with van der Waals surface area (Å²) < 4.78 is 6.78.